The molecule has 1 atom stereocenters. The molecule has 1 saturated carbocycles. The molecule has 0 amide bonds. The highest BCUT2D eigenvalue weighted by Gasteiger charge is 2.40. The van der Waals surface area contributed by atoms with Crippen molar-refractivity contribution in [1.29, 1.82) is 0 Å². The van der Waals surface area contributed by atoms with E-state index in [2.05, 4.69) is 10.2 Å². The molecule has 2 fully saturated rings. The first-order chi connectivity index (χ1) is 9.18. The number of hydrogen-bond donors (Lipinski definition) is 2. The molecule has 3 nitrogen and oxygen atoms in total. The molecule has 1 aromatic rings. The minimum atomic E-state index is -0.739. The van der Waals surface area contributed by atoms with Crippen LogP contribution in [0.5, 0.6) is 5.75 Å². The lowest BCUT2D eigenvalue weighted by atomic mass is 9.98. The van der Waals surface area contributed by atoms with Crippen LogP contribution in [-0.4, -0.2) is 36.2 Å². The maximum Gasteiger partial charge on any atom is 0.165 e. The average Bonchev–Trinajstić information content (AvgIpc) is 3.24. The third kappa shape index (κ3) is 3.77. The molecule has 0 spiro atoms. The Kier molecular flexibility index (Phi) is 6.66. The molecular weight excluding hydrogens is 321 g/mol. The highest BCUT2D eigenvalue weighted by molar-refractivity contribution is 5.85. The topological polar surface area (TPSA) is 35.5 Å². The van der Waals surface area contributed by atoms with E-state index in [0.29, 0.717) is 5.92 Å². The van der Waals surface area contributed by atoms with Crippen LogP contribution in [0.25, 0.3) is 0 Å². The molecule has 0 bridgehead atoms. The van der Waals surface area contributed by atoms with Gasteiger partial charge in [-0.25, -0.2) is 8.78 Å². The number of nitrogens with one attached hydrogen (secondary N) is 1. The number of phenolic OH excluding ortho intramolecular Hbond substituents is 1. The van der Waals surface area contributed by atoms with E-state index in [9.17, 15) is 13.9 Å². The summed E-state index contributed by atoms with van der Waals surface area (Å²) >= 11 is 0. The molecule has 2 aliphatic rings. The third-order valence-electron chi connectivity index (χ3n) is 4.02. The molecule has 0 radical (unpaired) electrons. The van der Waals surface area contributed by atoms with E-state index in [1.807, 2.05) is 0 Å². The summed E-state index contributed by atoms with van der Waals surface area (Å²) in [5.74, 6) is -1.43. The van der Waals surface area contributed by atoms with Crippen LogP contribution in [0.3, 0.4) is 0 Å². The second-order valence-corrected chi connectivity index (χ2v) is 5.36. The van der Waals surface area contributed by atoms with Crippen molar-refractivity contribution in [2.75, 3.05) is 26.2 Å². The van der Waals surface area contributed by atoms with E-state index in [4.69, 9.17) is 0 Å². The lowest BCUT2D eigenvalue weighted by Crippen LogP contribution is -2.45. The number of hydrogen-bond acceptors (Lipinski definition) is 3. The number of piperazine rings is 1. The second-order valence-electron chi connectivity index (χ2n) is 5.36. The van der Waals surface area contributed by atoms with Gasteiger partial charge in [0.1, 0.15) is 5.82 Å². The first-order valence-electron chi connectivity index (χ1n) is 6.80. The fourth-order valence-corrected chi connectivity index (χ4v) is 2.93. The fourth-order valence-electron chi connectivity index (χ4n) is 2.93. The molecule has 1 aliphatic carbocycles. The van der Waals surface area contributed by atoms with E-state index in [1.54, 1.807) is 0 Å². The number of halogens is 4. The summed E-state index contributed by atoms with van der Waals surface area (Å²) < 4.78 is 27.6. The molecule has 1 saturated heterocycles. The summed E-state index contributed by atoms with van der Waals surface area (Å²) in [5, 5.41) is 13.1. The molecule has 2 N–H and O–H groups in total. The van der Waals surface area contributed by atoms with E-state index >= 15 is 0 Å². The van der Waals surface area contributed by atoms with Crippen LogP contribution < -0.4 is 5.32 Å². The number of nitrogens with zero attached hydrogens (tertiary/aromatic N) is 1. The van der Waals surface area contributed by atoms with Crippen molar-refractivity contribution in [2.24, 2.45) is 5.92 Å². The predicted molar refractivity (Wildman–Crippen MR) is 82.4 cm³/mol. The standard InChI is InChI=1S/C14H18F2N2O.2ClH/c15-10-3-4-11(16)14(19)12(10)13(9-1-2-9)18-7-5-17-6-8-18;;/h3-4,9,13,17,19H,1-2,5-8H2;2*1H/t13-;;/m0../s1. The zero-order valence-corrected chi connectivity index (χ0v) is 13.2. The van der Waals surface area contributed by atoms with Gasteiger partial charge in [-0.1, -0.05) is 0 Å². The predicted octanol–water partition coefficient (Wildman–Crippen LogP) is 2.87. The van der Waals surface area contributed by atoms with Crippen LogP contribution in [0.2, 0.25) is 0 Å². The van der Waals surface area contributed by atoms with Crippen molar-refractivity contribution in [1.82, 2.24) is 10.2 Å². The van der Waals surface area contributed by atoms with Gasteiger partial charge in [0.2, 0.25) is 0 Å². The first kappa shape index (κ1) is 18.4. The quantitative estimate of drug-likeness (QED) is 0.888. The number of phenols is 1. The molecule has 0 unspecified atom stereocenters. The second kappa shape index (κ2) is 7.58. The van der Waals surface area contributed by atoms with Crippen LogP contribution in [0.1, 0.15) is 24.4 Å². The fraction of sp³-hybridized carbons (Fsp3) is 0.571. The maximum atomic E-state index is 14.1. The number of rotatable bonds is 3. The van der Waals surface area contributed by atoms with E-state index in [1.165, 1.54) is 0 Å². The van der Waals surface area contributed by atoms with Crippen molar-refractivity contribution in [2.45, 2.75) is 18.9 Å². The van der Waals surface area contributed by atoms with Gasteiger partial charge in [0.15, 0.2) is 11.6 Å². The third-order valence-corrected chi connectivity index (χ3v) is 4.02. The van der Waals surface area contributed by atoms with Crippen molar-refractivity contribution in [3.8, 4) is 5.75 Å². The van der Waals surface area contributed by atoms with Gasteiger partial charge in [0.05, 0.1) is 5.56 Å². The monoisotopic (exact) mass is 340 g/mol. The Morgan fingerprint density at radius 1 is 1.10 bits per heavy atom. The number of benzene rings is 1. The Hall–Kier alpha value is -0.620. The summed E-state index contributed by atoms with van der Waals surface area (Å²) in [6.07, 6.45) is 2.04. The van der Waals surface area contributed by atoms with Gasteiger partial charge in [-0.2, -0.15) is 0 Å². The van der Waals surface area contributed by atoms with Crippen molar-refractivity contribution in [3.05, 3.63) is 29.3 Å². The van der Waals surface area contributed by atoms with Crippen LogP contribution in [0.15, 0.2) is 12.1 Å². The highest BCUT2D eigenvalue weighted by atomic mass is 35.5. The summed E-state index contributed by atoms with van der Waals surface area (Å²) in [5.41, 5.74) is 0.143. The molecule has 0 aromatic heterocycles. The van der Waals surface area contributed by atoms with Crippen molar-refractivity contribution < 1.29 is 13.9 Å². The lowest BCUT2D eigenvalue weighted by molar-refractivity contribution is 0.149. The Bertz CT molecular complexity index is 480. The lowest BCUT2D eigenvalue weighted by Gasteiger charge is -2.35. The first-order valence-corrected chi connectivity index (χ1v) is 6.80. The van der Waals surface area contributed by atoms with Gasteiger partial charge in [0.25, 0.3) is 0 Å². The molecule has 1 heterocycles. The molecule has 3 rings (SSSR count). The van der Waals surface area contributed by atoms with E-state index in [0.717, 1.165) is 51.2 Å². The molecule has 1 aromatic carbocycles. The normalized spacial score (nSPS) is 20.3. The van der Waals surface area contributed by atoms with E-state index < -0.39 is 17.4 Å². The molecular formula is C14H20Cl2F2N2O. The summed E-state index contributed by atoms with van der Waals surface area (Å²) in [7, 11) is 0. The summed E-state index contributed by atoms with van der Waals surface area (Å²) in [6, 6.07) is 1.90. The Labute approximate surface area is 135 Å². The van der Waals surface area contributed by atoms with Crippen LogP contribution in [0.4, 0.5) is 8.78 Å². The largest absolute Gasteiger partial charge is 0.505 e. The van der Waals surface area contributed by atoms with Gasteiger partial charge >= 0.3 is 0 Å². The van der Waals surface area contributed by atoms with Gasteiger partial charge in [-0.05, 0) is 30.9 Å². The number of aromatic hydroxyl groups is 1. The smallest absolute Gasteiger partial charge is 0.165 e. The minimum absolute atomic E-state index is 0. The summed E-state index contributed by atoms with van der Waals surface area (Å²) in [6.45, 7) is 3.30. The van der Waals surface area contributed by atoms with Crippen LogP contribution >= 0.6 is 24.8 Å². The summed E-state index contributed by atoms with van der Waals surface area (Å²) in [4.78, 5) is 2.16. The van der Waals surface area contributed by atoms with Gasteiger partial charge in [-0.3, -0.25) is 4.90 Å². The van der Waals surface area contributed by atoms with Crippen molar-refractivity contribution >= 4 is 24.8 Å². The van der Waals surface area contributed by atoms with Crippen LogP contribution in [0, 0.1) is 17.6 Å². The zero-order valence-electron chi connectivity index (χ0n) is 11.5. The average molecular weight is 341 g/mol. The Morgan fingerprint density at radius 3 is 2.24 bits per heavy atom. The SMILES string of the molecule is Cl.Cl.Oc1c(F)ccc(F)c1[C@H](C1CC1)N1CCNCC1. The van der Waals surface area contributed by atoms with Crippen LogP contribution in [-0.2, 0) is 0 Å². The highest BCUT2D eigenvalue weighted by Crippen LogP contribution is 2.48. The van der Waals surface area contributed by atoms with E-state index in [-0.39, 0.29) is 36.4 Å². The van der Waals surface area contributed by atoms with Gasteiger partial charge in [0, 0.05) is 32.2 Å². The van der Waals surface area contributed by atoms with Gasteiger partial charge < -0.3 is 10.4 Å². The maximum absolute atomic E-state index is 14.1. The molecule has 120 valence electrons. The van der Waals surface area contributed by atoms with Crippen molar-refractivity contribution in [3.63, 3.8) is 0 Å². The van der Waals surface area contributed by atoms with Gasteiger partial charge in [-0.15, -0.1) is 24.8 Å². The Balaban J connectivity index is 0.00000110. The molecule has 1 aliphatic heterocycles. The Morgan fingerprint density at radius 2 is 1.67 bits per heavy atom. The zero-order chi connectivity index (χ0) is 13.4. The minimum Gasteiger partial charge on any atom is -0.505 e. The molecule has 7 heteroatoms. The molecule has 21 heavy (non-hydrogen) atoms.